The summed E-state index contributed by atoms with van der Waals surface area (Å²) in [5, 5.41) is 21.5. The number of nitro groups is 1. The number of carbonyl (C=O) groups is 1. The first-order chi connectivity index (χ1) is 15.0. The van der Waals surface area contributed by atoms with Gasteiger partial charge in [-0.1, -0.05) is 30.0 Å². The van der Waals surface area contributed by atoms with Gasteiger partial charge in [-0.2, -0.15) is 4.98 Å². The average molecular weight is 454 g/mol. The molecule has 158 valence electrons. The minimum absolute atomic E-state index is 0.0724. The second kappa shape index (κ2) is 7.93. The molecule has 1 aliphatic carbocycles. The maximum absolute atomic E-state index is 12.9. The molecule has 2 aliphatic rings. The molecule has 8 nitrogen and oxygen atoms in total. The van der Waals surface area contributed by atoms with Crippen molar-refractivity contribution in [3.63, 3.8) is 0 Å². The number of benzene rings is 1. The highest BCUT2D eigenvalue weighted by Gasteiger charge is 2.42. The van der Waals surface area contributed by atoms with Gasteiger partial charge in [0.2, 0.25) is 11.1 Å². The smallest absolute Gasteiger partial charge is 0.269 e. The van der Waals surface area contributed by atoms with Gasteiger partial charge in [0, 0.05) is 34.9 Å². The molecule has 1 aliphatic heterocycles. The van der Waals surface area contributed by atoms with E-state index in [-0.39, 0.29) is 23.4 Å². The fourth-order valence-electron chi connectivity index (χ4n) is 4.03. The van der Waals surface area contributed by atoms with Crippen LogP contribution >= 0.6 is 23.1 Å². The first-order valence-electron chi connectivity index (χ1n) is 9.87. The van der Waals surface area contributed by atoms with E-state index in [9.17, 15) is 14.9 Å². The molecule has 2 aromatic heterocycles. The average Bonchev–Trinajstić information content (AvgIpc) is 3.36. The number of fused-ring (bicyclic) bond motifs is 2. The third kappa shape index (κ3) is 3.66. The third-order valence-corrected chi connectivity index (χ3v) is 7.57. The molecule has 0 spiro atoms. The standard InChI is InChI=1S/C21H19N5O3S2/c1-12-9-10-30-19(12)18-17-15(3-2-4-16(17)27)22-20-23-21(24-25(18)20)31-11-13-5-7-14(8-6-13)26(28)29/h3,5-10,17-18H,2,4,11H2,1H3,(H,22,23,24)/t17-,18+/m0/s1. The van der Waals surface area contributed by atoms with Crippen LogP contribution in [0.15, 0.2) is 52.6 Å². The molecule has 31 heavy (non-hydrogen) atoms. The van der Waals surface area contributed by atoms with Crippen LogP contribution in [0, 0.1) is 23.0 Å². The highest BCUT2D eigenvalue weighted by molar-refractivity contribution is 7.98. The Bertz CT molecular complexity index is 1200. The predicted molar refractivity (Wildman–Crippen MR) is 119 cm³/mol. The number of Topliss-reactive ketones (excluding diaryl/α,β-unsaturated/α-hetero) is 1. The van der Waals surface area contributed by atoms with Crippen molar-refractivity contribution in [2.45, 2.75) is 36.7 Å². The van der Waals surface area contributed by atoms with E-state index in [1.54, 1.807) is 23.5 Å². The summed E-state index contributed by atoms with van der Waals surface area (Å²) in [4.78, 5) is 29.1. The molecule has 0 fully saturated rings. The zero-order valence-electron chi connectivity index (χ0n) is 16.6. The van der Waals surface area contributed by atoms with Gasteiger partial charge in [-0.3, -0.25) is 14.9 Å². The summed E-state index contributed by atoms with van der Waals surface area (Å²) in [7, 11) is 0. The maximum atomic E-state index is 12.9. The van der Waals surface area contributed by atoms with Gasteiger partial charge in [-0.05, 0) is 35.9 Å². The lowest BCUT2D eigenvalue weighted by Gasteiger charge is -2.35. The molecule has 5 rings (SSSR count). The summed E-state index contributed by atoms with van der Waals surface area (Å²) in [6.45, 7) is 2.06. The van der Waals surface area contributed by atoms with E-state index >= 15 is 0 Å². The van der Waals surface area contributed by atoms with Gasteiger partial charge in [-0.15, -0.1) is 16.4 Å². The van der Waals surface area contributed by atoms with Crippen LogP contribution in [0.25, 0.3) is 0 Å². The van der Waals surface area contributed by atoms with Crippen molar-refractivity contribution in [1.82, 2.24) is 14.8 Å². The van der Waals surface area contributed by atoms with Crippen molar-refractivity contribution in [3.8, 4) is 0 Å². The number of aromatic nitrogens is 3. The van der Waals surface area contributed by atoms with Crippen LogP contribution in [0.4, 0.5) is 11.6 Å². The van der Waals surface area contributed by atoms with Crippen molar-refractivity contribution in [3.05, 3.63) is 73.6 Å². The number of hydrogen-bond donors (Lipinski definition) is 1. The molecule has 10 heteroatoms. The molecule has 0 amide bonds. The summed E-state index contributed by atoms with van der Waals surface area (Å²) in [6, 6.07) is 8.36. The van der Waals surface area contributed by atoms with Gasteiger partial charge in [0.1, 0.15) is 11.8 Å². The molecule has 0 saturated carbocycles. The quantitative estimate of drug-likeness (QED) is 0.338. The Morgan fingerprint density at radius 1 is 1.32 bits per heavy atom. The number of rotatable bonds is 5. The van der Waals surface area contributed by atoms with Gasteiger partial charge in [0.15, 0.2) is 0 Å². The highest BCUT2D eigenvalue weighted by atomic mass is 32.2. The van der Waals surface area contributed by atoms with E-state index in [0.717, 1.165) is 28.1 Å². The van der Waals surface area contributed by atoms with Crippen molar-refractivity contribution in [2.75, 3.05) is 5.32 Å². The molecule has 0 saturated heterocycles. The zero-order valence-corrected chi connectivity index (χ0v) is 18.3. The summed E-state index contributed by atoms with van der Waals surface area (Å²) < 4.78 is 1.85. The van der Waals surface area contributed by atoms with Crippen LogP contribution < -0.4 is 5.32 Å². The first-order valence-corrected chi connectivity index (χ1v) is 11.7. The summed E-state index contributed by atoms with van der Waals surface area (Å²) in [5.74, 6) is 1.19. The molecule has 3 heterocycles. The van der Waals surface area contributed by atoms with Crippen molar-refractivity contribution >= 4 is 40.5 Å². The number of nitrogens with zero attached hydrogens (tertiary/aromatic N) is 4. The topological polar surface area (TPSA) is 103 Å². The number of nitro benzene ring substituents is 1. The number of aryl methyl sites for hydroxylation is 1. The first kappa shape index (κ1) is 20.0. The van der Waals surface area contributed by atoms with Crippen molar-refractivity contribution in [2.24, 2.45) is 5.92 Å². The second-order valence-electron chi connectivity index (χ2n) is 7.55. The highest BCUT2D eigenvalue weighted by Crippen LogP contribution is 2.44. The molecule has 1 N–H and O–H groups in total. The van der Waals surface area contributed by atoms with Crippen LogP contribution in [-0.2, 0) is 10.5 Å². The number of ketones is 1. The fraction of sp³-hybridized carbons (Fsp3) is 0.286. The number of nitrogens with one attached hydrogen (secondary N) is 1. The summed E-state index contributed by atoms with van der Waals surface area (Å²) >= 11 is 3.11. The van der Waals surface area contributed by atoms with E-state index in [1.807, 2.05) is 10.1 Å². The molecule has 0 unspecified atom stereocenters. The molecule has 1 aromatic carbocycles. The number of carbonyl (C=O) groups excluding carboxylic acids is 1. The lowest BCUT2D eigenvalue weighted by atomic mass is 9.82. The van der Waals surface area contributed by atoms with Crippen LogP contribution in [0.2, 0.25) is 0 Å². The monoisotopic (exact) mass is 453 g/mol. The van der Waals surface area contributed by atoms with Gasteiger partial charge < -0.3 is 5.32 Å². The molecule has 2 atom stereocenters. The van der Waals surface area contributed by atoms with Crippen LogP contribution in [-0.4, -0.2) is 25.5 Å². The van der Waals surface area contributed by atoms with E-state index in [1.165, 1.54) is 23.9 Å². The number of non-ortho nitro benzene ring substituents is 1. The van der Waals surface area contributed by atoms with Crippen LogP contribution in [0.5, 0.6) is 0 Å². The Labute approximate surface area is 186 Å². The maximum Gasteiger partial charge on any atom is 0.269 e. The number of anilines is 1. The van der Waals surface area contributed by atoms with E-state index in [0.29, 0.717) is 23.3 Å². The Morgan fingerprint density at radius 2 is 2.13 bits per heavy atom. The van der Waals surface area contributed by atoms with Crippen LogP contribution in [0.1, 0.15) is 34.9 Å². The van der Waals surface area contributed by atoms with E-state index in [4.69, 9.17) is 5.10 Å². The summed E-state index contributed by atoms with van der Waals surface area (Å²) in [6.07, 6.45) is 3.39. The Kier molecular flexibility index (Phi) is 5.11. The van der Waals surface area contributed by atoms with Gasteiger partial charge in [0.25, 0.3) is 5.69 Å². The lowest BCUT2D eigenvalue weighted by molar-refractivity contribution is -0.384. The largest absolute Gasteiger partial charge is 0.328 e. The Hall–Kier alpha value is -2.98. The van der Waals surface area contributed by atoms with E-state index < -0.39 is 4.92 Å². The molecule has 0 radical (unpaired) electrons. The summed E-state index contributed by atoms with van der Waals surface area (Å²) in [5.41, 5.74) is 3.09. The van der Waals surface area contributed by atoms with Crippen LogP contribution in [0.3, 0.4) is 0 Å². The Balaban J connectivity index is 1.45. The number of allylic oxidation sites excluding steroid dienone is 2. The normalized spacial score (nSPS) is 19.9. The molecule has 3 aromatic rings. The fourth-order valence-corrected chi connectivity index (χ4v) is 5.86. The third-order valence-electron chi connectivity index (χ3n) is 5.57. The van der Waals surface area contributed by atoms with Gasteiger partial charge in [-0.25, -0.2) is 4.68 Å². The lowest BCUT2D eigenvalue weighted by Crippen LogP contribution is -2.38. The zero-order chi connectivity index (χ0) is 21.5. The minimum Gasteiger partial charge on any atom is -0.328 e. The minimum atomic E-state index is -0.407. The second-order valence-corrected chi connectivity index (χ2v) is 9.44. The molecular weight excluding hydrogens is 434 g/mol. The van der Waals surface area contributed by atoms with Crippen molar-refractivity contribution < 1.29 is 9.72 Å². The number of thiophene rings is 1. The van der Waals surface area contributed by atoms with E-state index in [2.05, 4.69) is 29.4 Å². The van der Waals surface area contributed by atoms with Gasteiger partial charge in [0.05, 0.1) is 10.8 Å². The van der Waals surface area contributed by atoms with Crippen molar-refractivity contribution in [1.29, 1.82) is 0 Å². The molecule has 0 bridgehead atoms. The SMILES string of the molecule is Cc1ccsc1[C@H]1[C@@H]2C(=O)CCC=C2Nc2nc(SCc3ccc([N+](=O)[O-])cc3)nn21. The van der Waals surface area contributed by atoms with Gasteiger partial charge >= 0.3 is 0 Å². The molecular formula is C21H19N5O3S2. The predicted octanol–water partition coefficient (Wildman–Crippen LogP) is 4.73. The number of hydrogen-bond acceptors (Lipinski definition) is 8. The Morgan fingerprint density at radius 3 is 2.84 bits per heavy atom. The number of thioether (sulfide) groups is 1.